The predicted octanol–water partition coefficient (Wildman–Crippen LogP) is 3.32. The number of carbonyl (C=O) groups excluding carboxylic acids is 1. The van der Waals surface area contributed by atoms with Crippen molar-refractivity contribution in [2.24, 2.45) is 0 Å². The van der Waals surface area contributed by atoms with Crippen LogP contribution in [0.2, 0.25) is 0 Å². The van der Waals surface area contributed by atoms with Gasteiger partial charge in [0.2, 0.25) is 10.0 Å². The van der Waals surface area contributed by atoms with Crippen molar-refractivity contribution in [3.05, 3.63) is 51.7 Å². The monoisotopic (exact) mass is 380 g/mol. The van der Waals surface area contributed by atoms with Crippen molar-refractivity contribution in [2.45, 2.75) is 51.1 Å². The van der Waals surface area contributed by atoms with E-state index in [1.165, 1.54) is 29.1 Å². The molecule has 0 aliphatic rings. The number of rotatable bonds is 6. The number of carbonyl (C=O) groups is 1. The average molecular weight is 381 g/mol. The zero-order valence-corrected chi connectivity index (χ0v) is 16.6. The highest BCUT2D eigenvalue weighted by molar-refractivity contribution is 7.89. The third-order valence-electron chi connectivity index (χ3n) is 3.36. The minimum atomic E-state index is -3.60. The number of sulfonamides is 1. The molecule has 1 aromatic carbocycles. The molecule has 1 aromatic heterocycles. The van der Waals surface area contributed by atoms with Crippen LogP contribution < -0.4 is 10.0 Å². The predicted molar refractivity (Wildman–Crippen MR) is 101 cm³/mol. The van der Waals surface area contributed by atoms with E-state index in [1.54, 1.807) is 32.1 Å². The maximum atomic E-state index is 12.3. The van der Waals surface area contributed by atoms with E-state index in [-0.39, 0.29) is 10.8 Å². The standard InChI is InChI=1S/C18H24N2O3S2/c1-5-14-8-9-15(24-14)12-19-17(21)13-6-10-16(11-7-13)25(22,23)20-18(2,3)4/h6-11,20H,5,12H2,1-4H3,(H,19,21). The van der Waals surface area contributed by atoms with Crippen LogP contribution in [0, 0.1) is 0 Å². The van der Waals surface area contributed by atoms with E-state index >= 15 is 0 Å². The summed E-state index contributed by atoms with van der Waals surface area (Å²) in [4.78, 5) is 14.7. The molecular weight excluding hydrogens is 356 g/mol. The summed E-state index contributed by atoms with van der Waals surface area (Å²) in [6.07, 6.45) is 0.983. The molecule has 0 fully saturated rings. The molecule has 0 aliphatic heterocycles. The number of aryl methyl sites for hydroxylation is 1. The summed E-state index contributed by atoms with van der Waals surface area (Å²) in [6.45, 7) is 7.90. The first-order valence-electron chi connectivity index (χ1n) is 8.10. The van der Waals surface area contributed by atoms with E-state index in [4.69, 9.17) is 0 Å². The second-order valence-corrected chi connectivity index (χ2v) is 9.72. The minimum Gasteiger partial charge on any atom is -0.347 e. The Bertz CT molecular complexity index is 832. The van der Waals surface area contributed by atoms with Gasteiger partial charge in [-0.1, -0.05) is 6.92 Å². The number of hydrogen-bond acceptors (Lipinski definition) is 4. The summed E-state index contributed by atoms with van der Waals surface area (Å²) in [5.41, 5.74) is -0.130. The van der Waals surface area contributed by atoms with Crippen LogP contribution in [0.25, 0.3) is 0 Å². The normalized spacial score (nSPS) is 12.2. The van der Waals surface area contributed by atoms with Gasteiger partial charge in [-0.15, -0.1) is 11.3 Å². The Labute approximate surface area is 153 Å². The van der Waals surface area contributed by atoms with Crippen molar-refractivity contribution in [1.82, 2.24) is 10.0 Å². The lowest BCUT2D eigenvalue weighted by atomic mass is 10.1. The number of nitrogens with one attached hydrogen (secondary N) is 2. The topological polar surface area (TPSA) is 75.3 Å². The molecule has 5 nitrogen and oxygen atoms in total. The summed E-state index contributed by atoms with van der Waals surface area (Å²) in [5, 5.41) is 2.86. The third-order valence-corrected chi connectivity index (χ3v) is 6.36. The Morgan fingerprint density at radius 2 is 1.64 bits per heavy atom. The Morgan fingerprint density at radius 3 is 2.16 bits per heavy atom. The third kappa shape index (κ3) is 5.66. The Hall–Kier alpha value is -1.70. The molecule has 0 saturated carbocycles. The first-order valence-corrected chi connectivity index (χ1v) is 10.4. The molecule has 0 atom stereocenters. The van der Waals surface area contributed by atoms with Gasteiger partial charge in [0.15, 0.2) is 0 Å². The molecule has 0 unspecified atom stereocenters. The zero-order valence-electron chi connectivity index (χ0n) is 14.9. The Kier molecular flexibility index (Phi) is 6.03. The highest BCUT2D eigenvalue weighted by atomic mass is 32.2. The van der Waals surface area contributed by atoms with E-state index in [0.717, 1.165) is 11.3 Å². The van der Waals surface area contributed by atoms with Crippen LogP contribution in [0.5, 0.6) is 0 Å². The summed E-state index contributed by atoms with van der Waals surface area (Å²) in [7, 11) is -3.60. The summed E-state index contributed by atoms with van der Waals surface area (Å²) >= 11 is 1.68. The number of hydrogen-bond donors (Lipinski definition) is 2. The molecule has 25 heavy (non-hydrogen) atoms. The van der Waals surface area contributed by atoms with Crippen LogP contribution in [0.3, 0.4) is 0 Å². The van der Waals surface area contributed by atoms with Crippen LogP contribution in [0.4, 0.5) is 0 Å². The molecule has 0 aliphatic carbocycles. The van der Waals surface area contributed by atoms with Crippen LogP contribution in [-0.2, 0) is 23.0 Å². The van der Waals surface area contributed by atoms with Crippen molar-refractivity contribution in [2.75, 3.05) is 0 Å². The molecule has 0 bridgehead atoms. The highest BCUT2D eigenvalue weighted by Gasteiger charge is 2.22. The SMILES string of the molecule is CCc1ccc(CNC(=O)c2ccc(S(=O)(=O)NC(C)(C)C)cc2)s1. The molecule has 2 N–H and O–H groups in total. The zero-order chi connectivity index (χ0) is 18.7. The molecule has 0 radical (unpaired) electrons. The molecule has 2 aromatic rings. The number of benzene rings is 1. The fraction of sp³-hybridized carbons (Fsp3) is 0.389. The number of thiophene rings is 1. The molecule has 0 spiro atoms. The van der Waals surface area contributed by atoms with Gasteiger partial charge >= 0.3 is 0 Å². The van der Waals surface area contributed by atoms with Crippen molar-refractivity contribution in [3.8, 4) is 0 Å². The van der Waals surface area contributed by atoms with Crippen LogP contribution in [-0.4, -0.2) is 19.9 Å². The lowest BCUT2D eigenvalue weighted by molar-refractivity contribution is 0.0951. The van der Waals surface area contributed by atoms with E-state index in [1.807, 2.05) is 6.07 Å². The Morgan fingerprint density at radius 1 is 1.04 bits per heavy atom. The molecule has 0 saturated heterocycles. The summed E-state index contributed by atoms with van der Waals surface area (Å²) in [6, 6.07) is 10.0. The molecule has 2 rings (SSSR count). The smallest absolute Gasteiger partial charge is 0.251 e. The van der Waals surface area contributed by atoms with Gasteiger partial charge in [0, 0.05) is 20.9 Å². The lowest BCUT2D eigenvalue weighted by Gasteiger charge is -2.20. The van der Waals surface area contributed by atoms with Gasteiger partial charge in [-0.25, -0.2) is 13.1 Å². The molecule has 7 heteroatoms. The maximum absolute atomic E-state index is 12.3. The van der Waals surface area contributed by atoms with E-state index in [9.17, 15) is 13.2 Å². The molecule has 136 valence electrons. The molecule has 1 heterocycles. The van der Waals surface area contributed by atoms with Crippen molar-refractivity contribution < 1.29 is 13.2 Å². The largest absolute Gasteiger partial charge is 0.347 e. The van der Waals surface area contributed by atoms with Gasteiger partial charge in [-0.3, -0.25) is 4.79 Å². The van der Waals surface area contributed by atoms with Crippen LogP contribution in [0.15, 0.2) is 41.3 Å². The van der Waals surface area contributed by atoms with E-state index in [0.29, 0.717) is 12.1 Å². The van der Waals surface area contributed by atoms with Crippen molar-refractivity contribution in [1.29, 1.82) is 0 Å². The quantitative estimate of drug-likeness (QED) is 0.807. The van der Waals surface area contributed by atoms with Crippen molar-refractivity contribution >= 4 is 27.3 Å². The maximum Gasteiger partial charge on any atom is 0.251 e. The first kappa shape index (κ1) is 19.6. The van der Waals surface area contributed by atoms with Gasteiger partial charge in [-0.05, 0) is 63.6 Å². The van der Waals surface area contributed by atoms with Crippen LogP contribution >= 0.6 is 11.3 Å². The van der Waals surface area contributed by atoms with Gasteiger partial charge in [0.05, 0.1) is 11.4 Å². The van der Waals surface area contributed by atoms with Gasteiger partial charge < -0.3 is 5.32 Å². The lowest BCUT2D eigenvalue weighted by Crippen LogP contribution is -2.40. The fourth-order valence-electron chi connectivity index (χ4n) is 2.22. The van der Waals surface area contributed by atoms with Gasteiger partial charge in [-0.2, -0.15) is 0 Å². The van der Waals surface area contributed by atoms with Gasteiger partial charge in [0.25, 0.3) is 5.91 Å². The van der Waals surface area contributed by atoms with Gasteiger partial charge in [0.1, 0.15) is 0 Å². The Balaban J connectivity index is 2.02. The summed E-state index contributed by atoms with van der Waals surface area (Å²) < 4.78 is 27.1. The average Bonchev–Trinajstić information content (AvgIpc) is 2.98. The van der Waals surface area contributed by atoms with E-state index < -0.39 is 15.6 Å². The molecular formula is C18H24N2O3S2. The first-order chi connectivity index (χ1) is 11.6. The fourth-order valence-corrected chi connectivity index (χ4v) is 4.54. The molecule has 1 amide bonds. The highest BCUT2D eigenvalue weighted by Crippen LogP contribution is 2.17. The second kappa shape index (κ2) is 7.68. The summed E-state index contributed by atoms with van der Waals surface area (Å²) in [5.74, 6) is -0.223. The minimum absolute atomic E-state index is 0.143. The number of amides is 1. The van der Waals surface area contributed by atoms with E-state index in [2.05, 4.69) is 23.0 Å². The van der Waals surface area contributed by atoms with Crippen LogP contribution in [0.1, 0.15) is 47.8 Å². The second-order valence-electron chi connectivity index (χ2n) is 6.78. The van der Waals surface area contributed by atoms with Crippen molar-refractivity contribution in [3.63, 3.8) is 0 Å².